The predicted octanol–water partition coefficient (Wildman–Crippen LogP) is -0.910. The van der Waals surface area contributed by atoms with Crippen molar-refractivity contribution in [1.29, 1.82) is 0 Å². The summed E-state index contributed by atoms with van der Waals surface area (Å²) < 4.78 is 4.85. The zero-order valence-electron chi connectivity index (χ0n) is 17.9. The number of carbonyl (C=O) groups is 6. The highest BCUT2D eigenvalue weighted by Crippen LogP contribution is 2.04. The molecule has 0 rings (SSSR count). The van der Waals surface area contributed by atoms with Crippen LogP contribution >= 0.6 is 11.8 Å². The molecule has 0 fully saturated rings. The minimum atomic E-state index is -1.45. The maximum absolute atomic E-state index is 12.4. The molecule has 0 aliphatic heterocycles. The highest BCUT2D eigenvalue weighted by molar-refractivity contribution is 7.99. The van der Waals surface area contributed by atoms with E-state index in [0.29, 0.717) is 0 Å². The molecule has 0 aromatic heterocycles. The summed E-state index contributed by atoms with van der Waals surface area (Å²) >= 11 is 1.32. The van der Waals surface area contributed by atoms with E-state index in [1.807, 2.05) is 0 Å². The van der Waals surface area contributed by atoms with Gasteiger partial charge in [0.25, 0.3) is 0 Å². The van der Waals surface area contributed by atoms with Gasteiger partial charge in [-0.05, 0) is 13.2 Å². The Morgan fingerprint density at radius 1 is 0.900 bits per heavy atom. The number of amides is 3. The number of hydrogen-bond donors (Lipinski definition) is 1. The van der Waals surface area contributed by atoms with Crippen LogP contribution in [0, 0.1) is 0 Å². The number of thioether (sulfide) groups is 1. The van der Waals surface area contributed by atoms with Crippen LogP contribution in [0.4, 0.5) is 0 Å². The minimum absolute atomic E-state index is 0.0217. The van der Waals surface area contributed by atoms with Gasteiger partial charge in [-0.25, -0.2) is 4.79 Å². The zero-order chi connectivity index (χ0) is 23.4. The maximum Gasteiger partial charge on any atom is 0.330 e. The maximum atomic E-state index is 12.4. The number of rotatable bonds is 13. The topological polar surface area (TPSA) is 142 Å². The number of nitrogens with zero attached hydrogens (tertiary/aromatic N) is 3. The van der Waals surface area contributed by atoms with Crippen LogP contribution in [-0.2, 0) is 33.5 Å². The summed E-state index contributed by atoms with van der Waals surface area (Å²) in [5, 5.41) is 9.33. The highest BCUT2D eigenvalue weighted by Gasteiger charge is 2.29. The van der Waals surface area contributed by atoms with Gasteiger partial charge in [0, 0.05) is 27.6 Å². The first-order valence-corrected chi connectivity index (χ1v) is 10.4. The molecule has 0 bridgehead atoms. The van der Waals surface area contributed by atoms with Gasteiger partial charge in [-0.2, -0.15) is 11.8 Å². The summed E-state index contributed by atoms with van der Waals surface area (Å²) in [7, 11) is 4.05. The van der Waals surface area contributed by atoms with Crippen molar-refractivity contribution in [2.75, 3.05) is 52.8 Å². The van der Waals surface area contributed by atoms with Gasteiger partial charge >= 0.3 is 11.9 Å². The highest BCUT2D eigenvalue weighted by atomic mass is 32.2. The number of esters is 1. The van der Waals surface area contributed by atoms with E-state index in [0.717, 1.165) is 9.80 Å². The summed E-state index contributed by atoms with van der Waals surface area (Å²) in [6.45, 7) is 0.0941. The summed E-state index contributed by atoms with van der Waals surface area (Å²) in [4.78, 5) is 73.4. The zero-order valence-corrected chi connectivity index (χ0v) is 18.7. The van der Waals surface area contributed by atoms with Gasteiger partial charge in [0.05, 0.1) is 25.3 Å². The van der Waals surface area contributed by atoms with Gasteiger partial charge in [0.15, 0.2) is 6.04 Å². The van der Waals surface area contributed by atoms with Crippen molar-refractivity contribution in [2.45, 2.75) is 25.8 Å². The number of Topliss-reactive ketones (excluding diaryl/α,β-unsaturated/α-hetero) is 1. The average molecular weight is 448 g/mol. The molecule has 0 aromatic carbocycles. The molecule has 12 heteroatoms. The molecule has 0 saturated carbocycles. The smallest absolute Gasteiger partial charge is 0.330 e. The van der Waals surface area contributed by atoms with Crippen LogP contribution < -0.4 is 0 Å². The van der Waals surface area contributed by atoms with Crippen molar-refractivity contribution < 1.29 is 38.6 Å². The number of ketones is 1. The van der Waals surface area contributed by atoms with E-state index in [9.17, 15) is 33.9 Å². The van der Waals surface area contributed by atoms with E-state index in [-0.39, 0.29) is 36.8 Å². The quantitative estimate of drug-likeness (QED) is 0.355. The SMILES string of the molecule is CSCC(=O)N(C)CC(=O)N(C)CC(=O)N(C)C(COC(=O)CCC(C)=O)C(=O)O. The molecule has 170 valence electrons. The lowest BCUT2D eigenvalue weighted by Gasteiger charge is -2.27. The molecule has 0 spiro atoms. The number of ether oxygens (including phenoxy) is 1. The van der Waals surface area contributed by atoms with Crippen LogP contribution in [0.3, 0.4) is 0 Å². The predicted molar refractivity (Wildman–Crippen MR) is 109 cm³/mol. The van der Waals surface area contributed by atoms with Crippen molar-refractivity contribution in [3.8, 4) is 0 Å². The number of carboxylic acids is 1. The van der Waals surface area contributed by atoms with Gasteiger partial charge in [0.2, 0.25) is 17.7 Å². The third-order valence-electron chi connectivity index (χ3n) is 4.09. The molecule has 1 unspecified atom stereocenters. The van der Waals surface area contributed by atoms with Crippen LogP contribution in [0.5, 0.6) is 0 Å². The van der Waals surface area contributed by atoms with Crippen LogP contribution in [0.15, 0.2) is 0 Å². The van der Waals surface area contributed by atoms with E-state index in [4.69, 9.17) is 4.74 Å². The molecule has 30 heavy (non-hydrogen) atoms. The molecule has 0 saturated heterocycles. The summed E-state index contributed by atoms with van der Waals surface area (Å²) in [6, 6.07) is -1.45. The Kier molecular flexibility index (Phi) is 12.4. The van der Waals surface area contributed by atoms with Gasteiger partial charge in [-0.1, -0.05) is 0 Å². The fourth-order valence-electron chi connectivity index (χ4n) is 2.09. The number of carboxylic acid groups (broad SMARTS) is 1. The second-order valence-electron chi connectivity index (χ2n) is 6.68. The Morgan fingerprint density at radius 3 is 1.93 bits per heavy atom. The first-order valence-electron chi connectivity index (χ1n) is 9.01. The molecule has 0 aromatic rings. The van der Waals surface area contributed by atoms with Crippen LogP contribution in [-0.4, -0.2) is 114 Å². The van der Waals surface area contributed by atoms with Crippen LogP contribution in [0.1, 0.15) is 19.8 Å². The molecule has 0 aliphatic carbocycles. The van der Waals surface area contributed by atoms with Gasteiger partial charge < -0.3 is 29.3 Å². The Hall–Kier alpha value is -2.63. The van der Waals surface area contributed by atoms with Crippen molar-refractivity contribution in [3.63, 3.8) is 0 Å². The normalized spacial score (nSPS) is 11.2. The van der Waals surface area contributed by atoms with Gasteiger partial charge in [-0.3, -0.25) is 19.2 Å². The standard InChI is InChI=1S/C18H29N3O8S/c1-12(22)6-7-17(26)29-10-13(18(27)28)21(4)15(24)9-19(2)14(23)8-20(3)16(25)11-30-5/h13H,6-11H2,1-5H3,(H,27,28). The van der Waals surface area contributed by atoms with Crippen molar-refractivity contribution in [1.82, 2.24) is 14.7 Å². The fraction of sp³-hybridized carbons (Fsp3) is 0.667. The molecular weight excluding hydrogens is 418 g/mol. The minimum Gasteiger partial charge on any atom is -0.480 e. The molecule has 11 nitrogen and oxygen atoms in total. The third-order valence-corrected chi connectivity index (χ3v) is 4.63. The lowest BCUT2D eigenvalue weighted by Crippen LogP contribution is -2.50. The second-order valence-corrected chi connectivity index (χ2v) is 7.54. The summed E-state index contributed by atoms with van der Waals surface area (Å²) in [5.41, 5.74) is 0. The number of likely N-dealkylation sites (N-methyl/N-ethyl adjacent to an activating group) is 3. The van der Waals surface area contributed by atoms with E-state index >= 15 is 0 Å². The monoisotopic (exact) mass is 447 g/mol. The van der Waals surface area contributed by atoms with Gasteiger partial charge in [-0.15, -0.1) is 0 Å². The van der Waals surface area contributed by atoms with Gasteiger partial charge in [0.1, 0.15) is 12.4 Å². The Bertz CT molecular complexity index is 670. The van der Waals surface area contributed by atoms with E-state index in [1.54, 1.807) is 6.26 Å². The lowest BCUT2D eigenvalue weighted by atomic mass is 10.2. The molecule has 0 heterocycles. The number of aliphatic carboxylic acids is 1. The van der Waals surface area contributed by atoms with E-state index < -0.39 is 42.9 Å². The molecule has 3 amide bonds. The first-order chi connectivity index (χ1) is 13.9. The number of hydrogen-bond acceptors (Lipinski definition) is 8. The first kappa shape index (κ1) is 27.4. The Balaban J connectivity index is 4.78. The summed E-state index contributed by atoms with van der Waals surface area (Å²) in [5.74, 6) is -3.52. The fourth-order valence-corrected chi connectivity index (χ4v) is 2.56. The van der Waals surface area contributed by atoms with Crippen molar-refractivity contribution in [3.05, 3.63) is 0 Å². The largest absolute Gasteiger partial charge is 0.480 e. The molecular formula is C18H29N3O8S. The van der Waals surface area contributed by atoms with Crippen LogP contribution in [0.25, 0.3) is 0 Å². The van der Waals surface area contributed by atoms with Crippen LogP contribution in [0.2, 0.25) is 0 Å². The summed E-state index contributed by atoms with van der Waals surface area (Å²) in [6.07, 6.45) is 1.55. The van der Waals surface area contributed by atoms with E-state index in [2.05, 4.69) is 0 Å². The molecule has 1 N–H and O–H groups in total. The number of carbonyl (C=O) groups excluding carboxylic acids is 5. The van der Waals surface area contributed by atoms with Crippen molar-refractivity contribution >= 4 is 47.2 Å². The van der Waals surface area contributed by atoms with Crippen molar-refractivity contribution in [2.24, 2.45) is 0 Å². The van der Waals surface area contributed by atoms with E-state index in [1.165, 1.54) is 44.7 Å². The molecule has 0 radical (unpaired) electrons. The molecule has 1 atom stereocenters. The average Bonchev–Trinajstić information content (AvgIpc) is 2.65. The second kappa shape index (κ2) is 13.6. The Morgan fingerprint density at radius 2 is 1.43 bits per heavy atom. The lowest BCUT2D eigenvalue weighted by molar-refractivity contribution is -0.157. The Labute approximate surface area is 179 Å². The third kappa shape index (κ3) is 10.2. The molecule has 0 aliphatic rings.